The van der Waals surface area contributed by atoms with E-state index < -0.39 is 12.4 Å². The molecular weight excluding hydrogens is 381 g/mol. The Kier molecular flexibility index (Phi) is 6.86. The number of halogens is 3. The average molecular weight is 400 g/mol. The maximum absolute atomic E-state index is 13.3. The Balaban J connectivity index is 1.72. The minimum Gasteiger partial charge on any atom is -0.435 e. The van der Waals surface area contributed by atoms with E-state index in [9.17, 15) is 18.0 Å². The van der Waals surface area contributed by atoms with E-state index in [4.69, 9.17) is 0 Å². The van der Waals surface area contributed by atoms with Gasteiger partial charge in [-0.2, -0.15) is 8.78 Å². The van der Waals surface area contributed by atoms with Gasteiger partial charge in [0.2, 0.25) is 5.91 Å². The molecule has 0 aromatic heterocycles. The van der Waals surface area contributed by atoms with Gasteiger partial charge < -0.3 is 10.1 Å². The number of alkyl halides is 2. The second-order valence-corrected chi connectivity index (χ2v) is 6.23. The Morgan fingerprint density at radius 2 is 1.59 bits per heavy atom. The molecule has 0 aliphatic carbocycles. The van der Waals surface area contributed by atoms with E-state index in [1.807, 2.05) is 30.3 Å². The van der Waals surface area contributed by atoms with Gasteiger partial charge in [-0.05, 0) is 41.5 Å². The van der Waals surface area contributed by atoms with Crippen LogP contribution in [0.25, 0.3) is 0 Å². The van der Waals surface area contributed by atoms with Crippen molar-refractivity contribution in [2.45, 2.75) is 12.7 Å². The first-order valence-electron chi connectivity index (χ1n) is 8.90. The summed E-state index contributed by atoms with van der Waals surface area (Å²) in [6.45, 7) is -2.93. The molecule has 0 spiro atoms. The van der Waals surface area contributed by atoms with Crippen LogP contribution in [0.1, 0.15) is 17.2 Å². The maximum atomic E-state index is 13.3. The number of carbonyl (C=O) groups is 1. The Hall–Kier alpha value is -3.32. The molecule has 3 rings (SSSR count). The molecule has 150 valence electrons. The van der Waals surface area contributed by atoms with Crippen LogP contribution in [0.15, 0.2) is 78.9 Å². The highest BCUT2D eigenvalue weighted by Crippen LogP contribution is 2.24. The van der Waals surface area contributed by atoms with Crippen molar-refractivity contribution in [2.75, 3.05) is 11.9 Å². The first-order chi connectivity index (χ1) is 14.0. The van der Waals surface area contributed by atoms with Crippen LogP contribution >= 0.6 is 0 Å². The Bertz CT molecular complexity index is 934. The van der Waals surface area contributed by atoms with E-state index in [2.05, 4.69) is 15.4 Å². The van der Waals surface area contributed by atoms with E-state index in [1.165, 1.54) is 30.3 Å². The van der Waals surface area contributed by atoms with Crippen LogP contribution in [0.4, 0.5) is 18.9 Å². The molecule has 3 aromatic carbocycles. The summed E-state index contributed by atoms with van der Waals surface area (Å²) in [6.07, 6.45) is 0. The van der Waals surface area contributed by atoms with E-state index in [-0.39, 0.29) is 24.2 Å². The molecule has 0 saturated carbocycles. The van der Waals surface area contributed by atoms with Crippen molar-refractivity contribution in [3.63, 3.8) is 0 Å². The van der Waals surface area contributed by atoms with Crippen LogP contribution in [0.3, 0.4) is 0 Å². The van der Waals surface area contributed by atoms with E-state index >= 15 is 0 Å². The molecule has 1 amide bonds. The number of anilines is 1. The van der Waals surface area contributed by atoms with Crippen molar-refractivity contribution in [3.8, 4) is 5.75 Å². The molecule has 0 heterocycles. The van der Waals surface area contributed by atoms with Gasteiger partial charge in [0.15, 0.2) is 0 Å². The van der Waals surface area contributed by atoms with Gasteiger partial charge in [0.25, 0.3) is 0 Å². The fraction of sp³-hybridized carbons (Fsp3) is 0.136. The van der Waals surface area contributed by atoms with Crippen molar-refractivity contribution >= 4 is 11.6 Å². The molecule has 1 atom stereocenters. The van der Waals surface area contributed by atoms with Crippen LogP contribution in [0.5, 0.6) is 5.75 Å². The molecule has 0 bridgehead atoms. The smallest absolute Gasteiger partial charge is 0.387 e. The van der Waals surface area contributed by atoms with Crippen LogP contribution in [-0.2, 0) is 4.79 Å². The highest BCUT2D eigenvalue weighted by atomic mass is 19.3. The molecule has 7 heteroatoms. The molecular formula is C22H19F3N2O2. The lowest BCUT2D eigenvalue weighted by Gasteiger charge is -2.20. The molecule has 0 aliphatic rings. The molecule has 3 aromatic rings. The molecule has 0 radical (unpaired) electrons. The lowest BCUT2D eigenvalue weighted by molar-refractivity contribution is -0.115. The van der Waals surface area contributed by atoms with Gasteiger partial charge in [-0.15, -0.1) is 0 Å². The minimum absolute atomic E-state index is 0.0363. The highest BCUT2D eigenvalue weighted by molar-refractivity contribution is 5.92. The second kappa shape index (κ2) is 9.75. The summed E-state index contributed by atoms with van der Waals surface area (Å²) in [5, 5.41) is 5.78. The topological polar surface area (TPSA) is 50.4 Å². The monoisotopic (exact) mass is 400 g/mol. The van der Waals surface area contributed by atoms with Gasteiger partial charge in [-0.1, -0.05) is 48.5 Å². The fourth-order valence-electron chi connectivity index (χ4n) is 2.88. The molecule has 2 N–H and O–H groups in total. The molecule has 0 aliphatic heterocycles. The first-order valence-corrected chi connectivity index (χ1v) is 8.90. The van der Waals surface area contributed by atoms with E-state index in [0.717, 1.165) is 11.1 Å². The minimum atomic E-state index is -2.89. The van der Waals surface area contributed by atoms with Crippen molar-refractivity contribution in [3.05, 3.63) is 95.8 Å². The van der Waals surface area contributed by atoms with Crippen molar-refractivity contribution < 1.29 is 22.7 Å². The lowest BCUT2D eigenvalue weighted by atomic mass is 9.98. The van der Waals surface area contributed by atoms with Crippen LogP contribution in [0.2, 0.25) is 0 Å². The SMILES string of the molecule is O=C(CN[C@H](c1ccccc1)c1ccc(OC(F)F)cc1)Nc1cccc(F)c1. The van der Waals surface area contributed by atoms with E-state index in [0.29, 0.717) is 5.69 Å². The summed E-state index contributed by atoms with van der Waals surface area (Å²) in [5.41, 5.74) is 2.03. The predicted molar refractivity (Wildman–Crippen MR) is 104 cm³/mol. The molecule has 0 unspecified atom stereocenters. The predicted octanol–water partition coefficient (Wildman–Crippen LogP) is 4.74. The third-order valence-electron chi connectivity index (χ3n) is 4.15. The number of amides is 1. The van der Waals surface area contributed by atoms with E-state index in [1.54, 1.807) is 18.2 Å². The van der Waals surface area contributed by atoms with Crippen LogP contribution in [-0.4, -0.2) is 19.1 Å². The second-order valence-electron chi connectivity index (χ2n) is 6.23. The van der Waals surface area contributed by atoms with Crippen LogP contribution in [0, 0.1) is 5.82 Å². The summed E-state index contributed by atoms with van der Waals surface area (Å²) in [5.74, 6) is -0.724. The Morgan fingerprint density at radius 3 is 2.24 bits per heavy atom. The summed E-state index contributed by atoms with van der Waals surface area (Å²) in [6, 6.07) is 20.9. The van der Waals surface area contributed by atoms with Gasteiger partial charge in [-0.3, -0.25) is 10.1 Å². The number of carbonyl (C=O) groups excluding carboxylic acids is 1. The number of hydrogen-bond acceptors (Lipinski definition) is 3. The summed E-state index contributed by atoms with van der Waals surface area (Å²) < 4.78 is 42.4. The van der Waals surface area contributed by atoms with Gasteiger partial charge in [-0.25, -0.2) is 4.39 Å². The van der Waals surface area contributed by atoms with Gasteiger partial charge in [0.1, 0.15) is 11.6 Å². The van der Waals surface area contributed by atoms with Gasteiger partial charge in [0, 0.05) is 5.69 Å². The number of nitrogens with one attached hydrogen (secondary N) is 2. The number of ether oxygens (including phenoxy) is 1. The third-order valence-corrected chi connectivity index (χ3v) is 4.15. The molecule has 4 nitrogen and oxygen atoms in total. The highest BCUT2D eigenvalue weighted by Gasteiger charge is 2.16. The van der Waals surface area contributed by atoms with Gasteiger partial charge >= 0.3 is 6.61 Å². The maximum Gasteiger partial charge on any atom is 0.387 e. The molecule has 29 heavy (non-hydrogen) atoms. The van der Waals surface area contributed by atoms with Crippen molar-refractivity contribution in [1.82, 2.24) is 5.32 Å². The number of benzene rings is 3. The zero-order valence-corrected chi connectivity index (χ0v) is 15.3. The number of hydrogen-bond donors (Lipinski definition) is 2. The van der Waals surface area contributed by atoms with Crippen molar-refractivity contribution in [1.29, 1.82) is 0 Å². The Labute approximate surface area is 166 Å². The Morgan fingerprint density at radius 1 is 0.897 bits per heavy atom. The molecule has 0 fully saturated rings. The zero-order valence-electron chi connectivity index (χ0n) is 15.3. The zero-order chi connectivity index (χ0) is 20.6. The summed E-state index contributed by atoms with van der Waals surface area (Å²) in [4.78, 5) is 12.3. The third kappa shape index (κ3) is 6.08. The quantitative estimate of drug-likeness (QED) is 0.574. The fourth-order valence-corrected chi connectivity index (χ4v) is 2.88. The van der Waals surface area contributed by atoms with Crippen molar-refractivity contribution in [2.24, 2.45) is 0 Å². The molecule has 0 saturated heterocycles. The largest absolute Gasteiger partial charge is 0.435 e. The number of rotatable bonds is 8. The standard InChI is InChI=1S/C22H19F3N2O2/c23-17-7-4-8-18(13-17)27-20(28)14-26-21(15-5-2-1-3-6-15)16-9-11-19(12-10-16)29-22(24)25/h1-13,21-22,26H,14H2,(H,27,28)/t21-/m1/s1. The normalized spacial score (nSPS) is 11.9. The first kappa shape index (κ1) is 20.4. The summed E-state index contributed by atoms with van der Waals surface area (Å²) >= 11 is 0. The van der Waals surface area contributed by atoms with Gasteiger partial charge in [0.05, 0.1) is 12.6 Å². The van der Waals surface area contributed by atoms with Crippen LogP contribution < -0.4 is 15.4 Å². The summed E-state index contributed by atoms with van der Waals surface area (Å²) in [7, 11) is 0. The average Bonchev–Trinajstić information content (AvgIpc) is 2.70. The lowest BCUT2D eigenvalue weighted by Crippen LogP contribution is -2.32.